The van der Waals surface area contributed by atoms with E-state index in [0.717, 1.165) is 18.4 Å². The molecule has 0 heterocycles. The van der Waals surface area contributed by atoms with Crippen LogP contribution in [0.2, 0.25) is 0 Å². The summed E-state index contributed by atoms with van der Waals surface area (Å²) in [7, 11) is -4.65. The summed E-state index contributed by atoms with van der Waals surface area (Å²) in [6.45, 7) is 11.6. The van der Waals surface area contributed by atoms with Gasteiger partial charge in [0.2, 0.25) is 0 Å². The lowest BCUT2D eigenvalue weighted by molar-refractivity contribution is 0.481. The van der Waals surface area contributed by atoms with Gasteiger partial charge in [0.1, 0.15) is 0 Å². The van der Waals surface area contributed by atoms with E-state index in [0.29, 0.717) is 6.42 Å². The van der Waals surface area contributed by atoms with E-state index in [1.807, 2.05) is 6.07 Å². The summed E-state index contributed by atoms with van der Waals surface area (Å²) >= 11 is 0. The fraction of sp³-hybridized carbons (Fsp3) is 0.812. The maximum atomic E-state index is 11.2. The molecule has 37 heavy (non-hydrogen) atoms. The third-order valence-corrected chi connectivity index (χ3v) is 13.5. The minimum atomic E-state index is -4.09. The van der Waals surface area contributed by atoms with E-state index in [1.165, 1.54) is 96.0 Å². The monoisotopic (exact) mass is 557 g/mol. The first kappa shape index (κ1) is 36.6. The van der Waals surface area contributed by atoms with Gasteiger partial charge < -0.3 is 0 Å². The highest BCUT2D eigenvalue weighted by molar-refractivity contribution is 7.85. The minimum Gasteiger partial charge on any atom is -0.282 e. The third kappa shape index (κ3) is 18.5. The van der Waals surface area contributed by atoms with Crippen LogP contribution in [0.15, 0.2) is 29.2 Å². The van der Waals surface area contributed by atoms with Gasteiger partial charge in [-0.25, -0.2) is 0 Å². The first-order valence-electron chi connectivity index (χ1n) is 15.7. The molecule has 1 N–H and O–H groups in total. The Morgan fingerprint density at radius 3 is 1.35 bits per heavy atom. The summed E-state index contributed by atoms with van der Waals surface area (Å²) in [6.07, 6.45) is 28.4. The van der Waals surface area contributed by atoms with Gasteiger partial charge in [-0.1, -0.05) is 123 Å². The van der Waals surface area contributed by atoms with Gasteiger partial charge in [0.05, 0.1) is 29.5 Å². The molecule has 1 aromatic carbocycles. The number of benzene rings is 1. The number of rotatable bonds is 22. The second-order valence-corrected chi connectivity index (χ2v) is 16.8. The van der Waals surface area contributed by atoms with Crippen molar-refractivity contribution in [2.45, 2.75) is 149 Å². The van der Waals surface area contributed by atoms with Crippen LogP contribution >= 0.6 is 7.26 Å². The van der Waals surface area contributed by atoms with Crippen LogP contribution in [-0.2, 0) is 16.5 Å². The van der Waals surface area contributed by atoms with Crippen molar-refractivity contribution in [1.29, 1.82) is 0 Å². The molecule has 0 bridgehead atoms. The average Bonchev–Trinajstić information content (AvgIpc) is 2.89. The van der Waals surface area contributed by atoms with Gasteiger partial charge in [-0.15, -0.1) is 0 Å². The van der Waals surface area contributed by atoms with E-state index in [9.17, 15) is 8.42 Å². The zero-order valence-electron chi connectivity index (χ0n) is 25.3. The minimum absolute atomic E-state index is 0.0583. The summed E-state index contributed by atoms with van der Waals surface area (Å²) in [6, 6.07) is 6.70. The van der Waals surface area contributed by atoms with Gasteiger partial charge in [-0.05, 0) is 50.2 Å². The molecule has 218 valence electrons. The quantitative estimate of drug-likeness (QED) is 0.0876. The van der Waals surface area contributed by atoms with Crippen molar-refractivity contribution in [3.05, 3.63) is 29.8 Å². The molecule has 0 atom stereocenters. The van der Waals surface area contributed by atoms with Crippen LogP contribution < -0.4 is 0 Å². The molecule has 0 aromatic heterocycles. The van der Waals surface area contributed by atoms with Crippen molar-refractivity contribution >= 4 is 17.4 Å². The highest BCUT2D eigenvalue weighted by atomic mass is 32.2. The largest absolute Gasteiger partial charge is 0.294 e. The summed E-state index contributed by atoms with van der Waals surface area (Å²) in [4.78, 5) is 0.0583. The second kappa shape index (κ2) is 23.4. The van der Waals surface area contributed by atoms with Crippen LogP contribution in [0, 0.1) is 0 Å². The fourth-order valence-electron chi connectivity index (χ4n) is 5.06. The molecular formula is C32H62O3PS+. The van der Waals surface area contributed by atoms with Crippen molar-refractivity contribution in [2.75, 3.05) is 24.6 Å². The maximum Gasteiger partial charge on any atom is 0.294 e. The van der Waals surface area contributed by atoms with Crippen molar-refractivity contribution in [3.63, 3.8) is 0 Å². The van der Waals surface area contributed by atoms with Crippen LogP contribution in [0.5, 0.6) is 0 Å². The maximum absolute atomic E-state index is 11.2. The SMILES string of the molecule is CCCCCCCCCCc1ccccc1S(=O)(=O)O.CCCC[P+](CCCC)(CCCC)CCCC. The Balaban J connectivity index is 0.000000712. The molecule has 3 nitrogen and oxygen atoms in total. The summed E-state index contributed by atoms with van der Waals surface area (Å²) in [5.41, 5.74) is 0.723. The molecule has 0 radical (unpaired) electrons. The van der Waals surface area contributed by atoms with E-state index >= 15 is 0 Å². The van der Waals surface area contributed by atoms with Gasteiger partial charge in [0, 0.05) is 7.26 Å². The van der Waals surface area contributed by atoms with Crippen molar-refractivity contribution in [1.82, 2.24) is 0 Å². The first-order chi connectivity index (χ1) is 17.8. The Kier molecular flexibility index (Phi) is 23.2. The Morgan fingerprint density at radius 1 is 0.568 bits per heavy atom. The Morgan fingerprint density at radius 2 is 0.946 bits per heavy atom. The molecule has 0 amide bonds. The van der Waals surface area contributed by atoms with Crippen LogP contribution in [-0.4, -0.2) is 37.6 Å². The molecule has 0 saturated heterocycles. The molecule has 0 saturated carbocycles. The molecule has 0 aliphatic heterocycles. The topological polar surface area (TPSA) is 54.4 Å². The molecule has 0 spiro atoms. The standard InChI is InChI=1S/C16H26O3S.C16H36P/c1-2-3-4-5-6-7-8-9-12-15-13-10-11-14-16(15)20(17,18)19;1-5-9-13-17(14-10-6-2,15-11-7-3)16-12-8-4/h10-11,13-14H,2-9,12H2,1H3,(H,17,18,19);5-16H2,1-4H3/q;+1. The van der Waals surface area contributed by atoms with Crippen LogP contribution in [0.1, 0.15) is 143 Å². The lowest BCUT2D eigenvalue weighted by Gasteiger charge is -2.28. The molecule has 0 unspecified atom stereocenters. The molecule has 5 heteroatoms. The third-order valence-electron chi connectivity index (χ3n) is 7.49. The zero-order chi connectivity index (χ0) is 27.8. The van der Waals surface area contributed by atoms with Crippen molar-refractivity contribution < 1.29 is 13.0 Å². The fourth-order valence-corrected chi connectivity index (χ4v) is 11.1. The molecule has 1 aromatic rings. The van der Waals surface area contributed by atoms with Gasteiger partial charge in [-0.3, -0.25) is 4.55 Å². The zero-order valence-corrected chi connectivity index (χ0v) is 27.0. The Hall–Kier alpha value is -0.440. The summed E-state index contributed by atoms with van der Waals surface area (Å²) in [5.74, 6) is 0. The van der Waals surface area contributed by atoms with E-state index in [1.54, 1.807) is 36.8 Å². The number of aryl methyl sites for hydroxylation is 1. The number of hydrogen-bond acceptors (Lipinski definition) is 2. The highest BCUT2D eigenvalue weighted by Crippen LogP contribution is 2.61. The van der Waals surface area contributed by atoms with Gasteiger partial charge in [0.25, 0.3) is 10.1 Å². The molecule has 0 aliphatic carbocycles. The summed E-state index contributed by atoms with van der Waals surface area (Å²) < 4.78 is 31.7. The van der Waals surface area contributed by atoms with Gasteiger partial charge in [-0.2, -0.15) is 8.42 Å². The lowest BCUT2D eigenvalue weighted by Crippen LogP contribution is -2.12. The second-order valence-electron chi connectivity index (χ2n) is 11.0. The van der Waals surface area contributed by atoms with Crippen molar-refractivity contribution in [3.8, 4) is 0 Å². The summed E-state index contributed by atoms with van der Waals surface area (Å²) in [5, 5.41) is 0. The van der Waals surface area contributed by atoms with Gasteiger partial charge >= 0.3 is 0 Å². The van der Waals surface area contributed by atoms with E-state index in [2.05, 4.69) is 34.6 Å². The first-order valence-corrected chi connectivity index (χ1v) is 19.7. The van der Waals surface area contributed by atoms with Crippen LogP contribution in [0.3, 0.4) is 0 Å². The normalized spacial score (nSPS) is 11.8. The van der Waals surface area contributed by atoms with Crippen molar-refractivity contribution in [2.24, 2.45) is 0 Å². The molecule has 0 aliphatic rings. The van der Waals surface area contributed by atoms with Crippen LogP contribution in [0.25, 0.3) is 0 Å². The predicted octanol–water partition coefficient (Wildman–Crippen LogP) is 10.8. The van der Waals surface area contributed by atoms with E-state index < -0.39 is 17.4 Å². The lowest BCUT2D eigenvalue weighted by atomic mass is 10.0. The van der Waals surface area contributed by atoms with E-state index in [-0.39, 0.29) is 4.90 Å². The smallest absolute Gasteiger partial charge is 0.282 e. The van der Waals surface area contributed by atoms with Gasteiger partial charge in [0.15, 0.2) is 0 Å². The Labute approximate surface area is 233 Å². The predicted molar refractivity (Wildman–Crippen MR) is 169 cm³/mol. The number of hydrogen-bond donors (Lipinski definition) is 1. The van der Waals surface area contributed by atoms with E-state index in [4.69, 9.17) is 4.55 Å². The molecule has 1 rings (SSSR count). The highest BCUT2D eigenvalue weighted by Gasteiger charge is 2.34. The molecular weight excluding hydrogens is 495 g/mol. The molecule has 0 fully saturated rings. The Bertz CT molecular complexity index is 711. The van der Waals surface area contributed by atoms with Crippen LogP contribution in [0.4, 0.5) is 0 Å². The average molecular weight is 558 g/mol. The number of unbranched alkanes of at least 4 members (excludes halogenated alkanes) is 11.